The molecular formula is C41H27N. The monoisotopic (exact) mass is 533 g/mol. The maximum atomic E-state index is 2.46. The lowest BCUT2D eigenvalue weighted by molar-refractivity contribution is 0.793. The minimum absolute atomic E-state index is 0.365. The topological polar surface area (TPSA) is 3.24 Å². The second-order valence-electron chi connectivity index (χ2n) is 11.3. The quantitative estimate of drug-likeness (QED) is 0.218. The molecule has 1 nitrogen and oxygen atoms in total. The Balaban J connectivity index is 1.37. The van der Waals surface area contributed by atoms with E-state index in [1.165, 1.54) is 61.0 Å². The van der Waals surface area contributed by atoms with Gasteiger partial charge in [-0.3, -0.25) is 0 Å². The third kappa shape index (κ3) is 3.03. The number of fused-ring (bicyclic) bond motifs is 11. The van der Waals surface area contributed by atoms with Gasteiger partial charge in [0.1, 0.15) is 0 Å². The van der Waals surface area contributed by atoms with Crippen LogP contribution in [0.5, 0.6) is 0 Å². The number of anilines is 3. The van der Waals surface area contributed by atoms with E-state index in [9.17, 15) is 0 Å². The Morgan fingerprint density at radius 2 is 0.881 bits per heavy atom. The summed E-state index contributed by atoms with van der Waals surface area (Å²) in [6, 6.07) is 60.2. The highest BCUT2D eigenvalue weighted by Crippen LogP contribution is 2.63. The molecule has 2 aliphatic rings. The van der Waals surface area contributed by atoms with Crippen LogP contribution in [0.4, 0.5) is 17.1 Å². The van der Waals surface area contributed by atoms with Crippen LogP contribution in [0.3, 0.4) is 0 Å². The average molecular weight is 534 g/mol. The van der Waals surface area contributed by atoms with Gasteiger partial charge in [-0.05, 0) is 80.2 Å². The van der Waals surface area contributed by atoms with Gasteiger partial charge in [-0.2, -0.15) is 0 Å². The Hall–Kier alpha value is -5.40. The number of hydrogen-bond donors (Lipinski definition) is 0. The molecule has 0 amide bonds. The molecule has 0 saturated carbocycles. The fourth-order valence-electron chi connectivity index (χ4n) is 7.63. The normalized spacial score (nSPS) is 13.4. The summed E-state index contributed by atoms with van der Waals surface area (Å²) in [5, 5.41) is 2.47. The van der Waals surface area contributed by atoms with Crippen LogP contribution in [0.25, 0.3) is 33.0 Å². The van der Waals surface area contributed by atoms with E-state index < -0.39 is 0 Å². The summed E-state index contributed by atoms with van der Waals surface area (Å²) in [4.78, 5) is 2.42. The van der Waals surface area contributed by atoms with Gasteiger partial charge in [0.2, 0.25) is 0 Å². The molecule has 0 bridgehead atoms. The second-order valence-corrected chi connectivity index (χ2v) is 11.3. The SMILES string of the molecule is c1ccc(N(c2ccc3c(c2)C2(c4ccccc4-c4ccccc42)c2ccccc2-3)c2cccc3ccccc23)cc1. The van der Waals surface area contributed by atoms with Crippen LogP contribution < -0.4 is 4.90 Å². The van der Waals surface area contributed by atoms with Crippen LogP contribution in [-0.4, -0.2) is 0 Å². The number of hydrogen-bond acceptors (Lipinski definition) is 1. The van der Waals surface area contributed by atoms with Gasteiger partial charge in [0.15, 0.2) is 0 Å². The molecule has 0 saturated heterocycles. The van der Waals surface area contributed by atoms with Crippen LogP contribution in [0.2, 0.25) is 0 Å². The van der Waals surface area contributed by atoms with Crippen LogP contribution in [0.1, 0.15) is 22.3 Å². The number of rotatable bonds is 3. The molecule has 7 aromatic carbocycles. The highest BCUT2D eigenvalue weighted by atomic mass is 15.1. The molecule has 0 heterocycles. The summed E-state index contributed by atoms with van der Waals surface area (Å²) in [5.41, 5.74) is 13.9. The van der Waals surface area contributed by atoms with Crippen molar-refractivity contribution in [3.63, 3.8) is 0 Å². The smallest absolute Gasteiger partial charge is 0.0726 e. The van der Waals surface area contributed by atoms with Crippen molar-refractivity contribution in [2.75, 3.05) is 4.90 Å². The standard InChI is InChI=1S/C41H27N/c1-2-15-29(16-3-1)42(40-24-12-14-28-13-4-5-17-31(28)40)30-25-26-35-34-20-8-11-23-38(34)41(39(35)27-30)36-21-9-6-18-32(36)33-19-7-10-22-37(33)41/h1-27H. The molecule has 2 aliphatic carbocycles. The van der Waals surface area contributed by atoms with Crippen LogP contribution in [0, 0.1) is 0 Å². The summed E-state index contributed by atoms with van der Waals surface area (Å²) >= 11 is 0. The molecule has 0 fully saturated rings. The van der Waals surface area contributed by atoms with E-state index in [-0.39, 0.29) is 5.41 Å². The van der Waals surface area contributed by atoms with Crippen molar-refractivity contribution in [1.29, 1.82) is 0 Å². The first-order valence-corrected chi connectivity index (χ1v) is 14.6. The summed E-state index contributed by atoms with van der Waals surface area (Å²) in [6.45, 7) is 0. The van der Waals surface area contributed by atoms with E-state index in [1.54, 1.807) is 0 Å². The number of para-hydroxylation sites is 1. The first-order valence-electron chi connectivity index (χ1n) is 14.6. The van der Waals surface area contributed by atoms with Crippen LogP contribution in [0.15, 0.2) is 164 Å². The lowest BCUT2D eigenvalue weighted by Gasteiger charge is -2.32. The number of benzene rings is 7. The fourth-order valence-corrected chi connectivity index (χ4v) is 7.63. The van der Waals surface area contributed by atoms with Crippen LogP contribution in [-0.2, 0) is 5.41 Å². The van der Waals surface area contributed by atoms with Crippen molar-refractivity contribution in [1.82, 2.24) is 0 Å². The first-order chi connectivity index (χ1) is 20.9. The Labute approximate surface area is 246 Å². The zero-order valence-corrected chi connectivity index (χ0v) is 23.0. The predicted molar refractivity (Wildman–Crippen MR) is 175 cm³/mol. The van der Waals surface area contributed by atoms with Gasteiger partial charge >= 0.3 is 0 Å². The lowest BCUT2D eigenvalue weighted by Crippen LogP contribution is -2.26. The summed E-state index contributed by atoms with van der Waals surface area (Å²) in [6.07, 6.45) is 0. The minimum Gasteiger partial charge on any atom is -0.310 e. The highest BCUT2D eigenvalue weighted by molar-refractivity contribution is 6.00. The summed E-state index contributed by atoms with van der Waals surface area (Å²) in [5.74, 6) is 0. The highest BCUT2D eigenvalue weighted by Gasteiger charge is 2.51. The largest absolute Gasteiger partial charge is 0.310 e. The Morgan fingerprint density at radius 1 is 0.357 bits per heavy atom. The van der Waals surface area contributed by atoms with Gasteiger partial charge in [-0.25, -0.2) is 0 Å². The van der Waals surface area contributed by atoms with E-state index in [1.807, 2.05) is 0 Å². The molecule has 7 aromatic rings. The third-order valence-corrected chi connectivity index (χ3v) is 9.26. The Bertz CT molecular complexity index is 2090. The van der Waals surface area contributed by atoms with Gasteiger partial charge in [-0.15, -0.1) is 0 Å². The van der Waals surface area contributed by atoms with Crippen molar-refractivity contribution in [2.24, 2.45) is 0 Å². The van der Waals surface area contributed by atoms with Crippen molar-refractivity contribution in [2.45, 2.75) is 5.41 Å². The molecule has 0 N–H and O–H groups in total. The lowest BCUT2D eigenvalue weighted by atomic mass is 9.70. The molecule has 1 spiro atoms. The van der Waals surface area contributed by atoms with Gasteiger partial charge in [0, 0.05) is 16.8 Å². The maximum Gasteiger partial charge on any atom is 0.0726 e. The predicted octanol–water partition coefficient (Wildman–Crippen LogP) is 10.7. The van der Waals surface area contributed by atoms with E-state index >= 15 is 0 Å². The molecule has 1 heteroatoms. The summed E-state index contributed by atoms with van der Waals surface area (Å²) in [7, 11) is 0. The van der Waals surface area contributed by atoms with Crippen molar-refractivity contribution >= 4 is 27.8 Å². The van der Waals surface area contributed by atoms with Gasteiger partial charge in [-0.1, -0.05) is 133 Å². The van der Waals surface area contributed by atoms with E-state index in [2.05, 4.69) is 169 Å². The van der Waals surface area contributed by atoms with Crippen LogP contribution >= 0.6 is 0 Å². The maximum absolute atomic E-state index is 2.46. The molecule has 0 unspecified atom stereocenters. The summed E-state index contributed by atoms with van der Waals surface area (Å²) < 4.78 is 0. The zero-order chi connectivity index (χ0) is 27.7. The van der Waals surface area contributed by atoms with Gasteiger partial charge in [0.05, 0.1) is 11.1 Å². The van der Waals surface area contributed by atoms with E-state index in [0.29, 0.717) is 0 Å². The molecule has 9 rings (SSSR count). The second kappa shape index (κ2) is 8.80. The van der Waals surface area contributed by atoms with Crippen molar-refractivity contribution in [3.8, 4) is 22.3 Å². The fraction of sp³-hybridized carbons (Fsp3) is 0.0244. The van der Waals surface area contributed by atoms with E-state index in [4.69, 9.17) is 0 Å². The van der Waals surface area contributed by atoms with Crippen molar-refractivity contribution in [3.05, 3.63) is 186 Å². The number of nitrogens with zero attached hydrogens (tertiary/aromatic N) is 1. The Morgan fingerprint density at radius 3 is 1.55 bits per heavy atom. The Kier molecular flexibility index (Phi) is 4.88. The minimum atomic E-state index is -0.365. The molecular weight excluding hydrogens is 506 g/mol. The average Bonchev–Trinajstić information content (AvgIpc) is 3.53. The van der Waals surface area contributed by atoms with E-state index in [0.717, 1.165) is 11.4 Å². The third-order valence-electron chi connectivity index (χ3n) is 9.26. The van der Waals surface area contributed by atoms with Gasteiger partial charge in [0.25, 0.3) is 0 Å². The molecule has 0 aromatic heterocycles. The molecule has 196 valence electrons. The van der Waals surface area contributed by atoms with Crippen molar-refractivity contribution < 1.29 is 0 Å². The molecule has 0 atom stereocenters. The van der Waals surface area contributed by atoms with Gasteiger partial charge < -0.3 is 4.90 Å². The molecule has 0 radical (unpaired) electrons. The molecule has 42 heavy (non-hydrogen) atoms. The first kappa shape index (κ1) is 23.3. The zero-order valence-electron chi connectivity index (χ0n) is 23.0. The molecule has 0 aliphatic heterocycles.